The van der Waals surface area contributed by atoms with Crippen LogP contribution in [0.25, 0.3) is 5.65 Å². The average molecular weight is 260 g/mol. The average Bonchev–Trinajstić information content (AvgIpc) is 2.73. The van der Waals surface area contributed by atoms with Gasteiger partial charge in [-0.1, -0.05) is 0 Å². The molecular formula is C9H10ClN3O2S. The molecular weight excluding hydrogens is 250 g/mol. The molecule has 0 atom stereocenters. The lowest BCUT2D eigenvalue weighted by Gasteiger charge is -2.02. The summed E-state index contributed by atoms with van der Waals surface area (Å²) in [6, 6.07) is 3.10. The Labute approximate surface area is 98.0 Å². The zero-order valence-electron chi connectivity index (χ0n) is 8.38. The van der Waals surface area contributed by atoms with Crippen molar-refractivity contribution in [3.63, 3.8) is 0 Å². The number of nitrogens with zero attached hydrogens (tertiary/aromatic N) is 3. The molecule has 2 heterocycles. The second-order valence-electron chi connectivity index (χ2n) is 3.26. The molecule has 86 valence electrons. The van der Waals surface area contributed by atoms with E-state index in [2.05, 4.69) is 10.1 Å². The number of fused-ring (bicyclic) bond motifs is 1. The van der Waals surface area contributed by atoms with Gasteiger partial charge >= 0.3 is 0 Å². The minimum Gasteiger partial charge on any atom is -0.223 e. The zero-order valence-corrected chi connectivity index (χ0v) is 9.95. The summed E-state index contributed by atoms with van der Waals surface area (Å²) in [6.07, 6.45) is 3.57. The van der Waals surface area contributed by atoms with Gasteiger partial charge in [-0.3, -0.25) is 0 Å². The van der Waals surface area contributed by atoms with Crippen LogP contribution in [-0.4, -0.2) is 34.6 Å². The Morgan fingerprint density at radius 1 is 1.38 bits per heavy atom. The van der Waals surface area contributed by atoms with Gasteiger partial charge in [0.05, 0.1) is 11.9 Å². The van der Waals surface area contributed by atoms with Crippen molar-refractivity contribution >= 4 is 27.1 Å². The molecule has 0 bridgehead atoms. The molecule has 0 amide bonds. The van der Waals surface area contributed by atoms with Gasteiger partial charge in [-0.05, 0) is 12.5 Å². The Bertz CT molecular complexity index is 594. The standard InChI is InChI=1S/C9H10ClN3O2S/c10-4-1-7-16(14,15)9-3-6-13-8(12-9)2-5-11-13/h2-3,5-6H,1,4,7H2. The van der Waals surface area contributed by atoms with E-state index in [9.17, 15) is 8.42 Å². The van der Waals surface area contributed by atoms with Crippen molar-refractivity contribution < 1.29 is 8.42 Å². The molecule has 0 unspecified atom stereocenters. The summed E-state index contributed by atoms with van der Waals surface area (Å²) in [7, 11) is -3.33. The molecule has 0 aliphatic rings. The molecule has 0 fully saturated rings. The lowest BCUT2D eigenvalue weighted by molar-refractivity contribution is 0.591. The van der Waals surface area contributed by atoms with Crippen molar-refractivity contribution in [1.29, 1.82) is 0 Å². The number of aromatic nitrogens is 3. The van der Waals surface area contributed by atoms with Gasteiger partial charge in [0.2, 0.25) is 0 Å². The highest BCUT2D eigenvalue weighted by Gasteiger charge is 2.16. The van der Waals surface area contributed by atoms with Gasteiger partial charge in [0.1, 0.15) is 0 Å². The van der Waals surface area contributed by atoms with Gasteiger partial charge in [-0.2, -0.15) is 5.10 Å². The molecule has 16 heavy (non-hydrogen) atoms. The third-order valence-electron chi connectivity index (χ3n) is 2.10. The predicted molar refractivity (Wildman–Crippen MR) is 60.4 cm³/mol. The molecule has 0 spiro atoms. The summed E-state index contributed by atoms with van der Waals surface area (Å²) in [5.41, 5.74) is 0.520. The van der Waals surface area contributed by atoms with Crippen LogP contribution in [0.1, 0.15) is 6.42 Å². The first-order valence-corrected chi connectivity index (χ1v) is 6.91. The number of hydrogen-bond donors (Lipinski definition) is 0. The van der Waals surface area contributed by atoms with Crippen LogP contribution >= 0.6 is 11.6 Å². The van der Waals surface area contributed by atoms with E-state index >= 15 is 0 Å². The summed E-state index contributed by atoms with van der Waals surface area (Å²) in [4.78, 5) is 4.03. The van der Waals surface area contributed by atoms with Crippen LogP contribution in [0.3, 0.4) is 0 Å². The first-order valence-electron chi connectivity index (χ1n) is 4.72. The van der Waals surface area contributed by atoms with Crippen LogP contribution in [0.5, 0.6) is 0 Å². The third kappa shape index (κ3) is 2.17. The van der Waals surface area contributed by atoms with Crippen molar-refractivity contribution in [2.24, 2.45) is 0 Å². The Morgan fingerprint density at radius 3 is 2.94 bits per heavy atom. The smallest absolute Gasteiger partial charge is 0.195 e. The molecule has 0 saturated heterocycles. The Morgan fingerprint density at radius 2 is 2.19 bits per heavy atom. The van der Waals surface area contributed by atoms with Gasteiger partial charge in [-0.15, -0.1) is 11.6 Å². The monoisotopic (exact) mass is 259 g/mol. The molecule has 2 rings (SSSR count). The maximum Gasteiger partial charge on any atom is 0.195 e. The van der Waals surface area contributed by atoms with E-state index in [1.165, 1.54) is 10.6 Å². The summed E-state index contributed by atoms with van der Waals surface area (Å²) in [5.74, 6) is 0.349. The van der Waals surface area contributed by atoms with E-state index in [4.69, 9.17) is 11.6 Å². The van der Waals surface area contributed by atoms with Gasteiger partial charge in [0.25, 0.3) is 0 Å². The number of sulfone groups is 1. The molecule has 0 saturated carbocycles. The second-order valence-corrected chi connectivity index (χ2v) is 5.70. The summed E-state index contributed by atoms with van der Waals surface area (Å²) < 4.78 is 25.1. The predicted octanol–water partition coefficient (Wildman–Crippen LogP) is 1.13. The Balaban J connectivity index is 2.39. The largest absolute Gasteiger partial charge is 0.223 e. The molecule has 2 aromatic heterocycles. The highest BCUT2D eigenvalue weighted by molar-refractivity contribution is 7.91. The van der Waals surface area contributed by atoms with E-state index in [1.807, 2.05) is 0 Å². The van der Waals surface area contributed by atoms with E-state index in [-0.39, 0.29) is 10.8 Å². The van der Waals surface area contributed by atoms with Gasteiger partial charge in [-0.25, -0.2) is 17.9 Å². The minimum absolute atomic E-state index is 0.0216. The molecule has 2 aromatic rings. The van der Waals surface area contributed by atoms with Gasteiger partial charge in [0.15, 0.2) is 20.5 Å². The van der Waals surface area contributed by atoms with Crippen LogP contribution in [0.15, 0.2) is 29.6 Å². The van der Waals surface area contributed by atoms with E-state index in [0.29, 0.717) is 17.9 Å². The lowest BCUT2D eigenvalue weighted by Crippen LogP contribution is -2.10. The lowest BCUT2D eigenvalue weighted by atomic mass is 10.6. The quantitative estimate of drug-likeness (QED) is 0.610. The molecule has 7 heteroatoms. The van der Waals surface area contributed by atoms with Crippen molar-refractivity contribution in [3.05, 3.63) is 24.5 Å². The Kier molecular flexibility index (Phi) is 3.11. The number of hydrogen-bond acceptors (Lipinski definition) is 4. The summed E-state index contributed by atoms with van der Waals surface area (Å²) in [5, 5.41) is 4.02. The zero-order chi connectivity index (χ0) is 11.6. The molecule has 0 aliphatic carbocycles. The minimum atomic E-state index is -3.33. The third-order valence-corrected chi connectivity index (χ3v) is 4.06. The van der Waals surface area contributed by atoms with Crippen LogP contribution in [-0.2, 0) is 9.84 Å². The maximum absolute atomic E-state index is 11.8. The van der Waals surface area contributed by atoms with Crippen molar-refractivity contribution in [1.82, 2.24) is 14.6 Å². The fourth-order valence-corrected chi connectivity index (χ4v) is 2.84. The normalized spacial score (nSPS) is 12.1. The fraction of sp³-hybridized carbons (Fsp3) is 0.333. The van der Waals surface area contributed by atoms with Gasteiger partial charge < -0.3 is 0 Å². The molecule has 5 nitrogen and oxygen atoms in total. The van der Waals surface area contributed by atoms with Crippen LogP contribution in [0, 0.1) is 0 Å². The number of halogens is 1. The van der Waals surface area contributed by atoms with Crippen LogP contribution < -0.4 is 0 Å². The molecule has 0 radical (unpaired) electrons. The summed E-state index contributed by atoms with van der Waals surface area (Å²) in [6.45, 7) is 0. The topological polar surface area (TPSA) is 64.3 Å². The fourth-order valence-electron chi connectivity index (χ4n) is 1.32. The van der Waals surface area contributed by atoms with Crippen molar-refractivity contribution in [2.75, 3.05) is 11.6 Å². The van der Waals surface area contributed by atoms with E-state index < -0.39 is 9.84 Å². The van der Waals surface area contributed by atoms with Crippen molar-refractivity contribution in [3.8, 4) is 0 Å². The number of rotatable bonds is 4. The maximum atomic E-state index is 11.8. The molecule has 0 aliphatic heterocycles. The highest BCUT2D eigenvalue weighted by atomic mass is 35.5. The van der Waals surface area contributed by atoms with Crippen LogP contribution in [0.4, 0.5) is 0 Å². The first-order chi connectivity index (χ1) is 7.63. The van der Waals surface area contributed by atoms with E-state index in [0.717, 1.165) is 0 Å². The SMILES string of the molecule is O=S(=O)(CCCCl)c1ccn2nccc2n1. The van der Waals surface area contributed by atoms with Gasteiger partial charge in [0, 0.05) is 18.1 Å². The Hall–Kier alpha value is -1.14. The second kappa shape index (κ2) is 4.39. The first kappa shape index (κ1) is 11.3. The van der Waals surface area contributed by atoms with E-state index in [1.54, 1.807) is 18.5 Å². The number of alkyl halides is 1. The summed E-state index contributed by atoms with van der Waals surface area (Å²) >= 11 is 5.47. The molecule has 0 N–H and O–H groups in total. The molecule has 0 aromatic carbocycles. The van der Waals surface area contributed by atoms with Crippen molar-refractivity contribution in [2.45, 2.75) is 11.4 Å². The van der Waals surface area contributed by atoms with Crippen LogP contribution in [0.2, 0.25) is 0 Å². The highest BCUT2D eigenvalue weighted by Crippen LogP contribution is 2.10.